The number of hydrogen-bond acceptors (Lipinski definition) is 6. The van der Waals surface area contributed by atoms with Crippen LogP contribution in [0.1, 0.15) is 17.5 Å². The molecule has 2 aromatic rings. The van der Waals surface area contributed by atoms with Gasteiger partial charge in [0.2, 0.25) is 0 Å². The molecule has 0 unspecified atom stereocenters. The van der Waals surface area contributed by atoms with Crippen molar-refractivity contribution in [1.29, 1.82) is 0 Å². The van der Waals surface area contributed by atoms with Crippen LogP contribution in [0.5, 0.6) is 0 Å². The lowest BCUT2D eigenvalue weighted by Crippen LogP contribution is -2.18. The van der Waals surface area contributed by atoms with E-state index in [0.717, 1.165) is 22.5 Å². The molecule has 0 fully saturated rings. The van der Waals surface area contributed by atoms with Crippen LogP contribution in [-0.4, -0.2) is 25.2 Å². The topological polar surface area (TPSA) is 76.7 Å². The number of rotatable bonds is 6. The smallest absolute Gasteiger partial charge is 0.354 e. The summed E-state index contributed by atoms with van der Waals surface area (Å²) in [7, 11) is 0. The fraction of sp³-hybridized carbons (Fsp3) is 0.120. The summed E-state index contributed by atoms with van der Waals surface area (Å²) in [6.07, 6.45) is 11.2. The normalized spacial score (nSPS) is 13.8. The molecule has 2 aliphatic heterocycles. The molecule has 6 nitrogen and oxygen atoms in total. The van der Waals surface area contributed by atoms with Gasteiger partial charge in [-0.1, -0.05) is 60.7 Å². The van der Waals surface area contributed by atoms with Gasteiger partial charge in [0.1, 0.15) is 11.4 Å². The van der Waals surface area contributed by atoms with Crippen LogP contribution in [0.25, 0.3) is 12.2 Å². The van der Waals surface area contributed by atoms with E-state index < -0.39 is 11.9 Å². The minimum absolute atomic E-state index is 0.145. The third-order valence-electron chi connectivity index (χ3n) is 4.73. The van der Waals surface area contributed by atoms with E-state index in [1.807, 2.05) is 60.7 Å². The van der Waals surface area contributed by atoms with Gasteiger partial charge in [-0.2, -0.15) is 0 Å². The Morgan fingerprint density at radius 1 is 0.677 bits per heavy atom. The molecule has 0 amide bonds. The first-order valence-electron chi connectivity index (χ1n) is 10.0. The molecule has 2 aliphatic rings. The second-order valence-corrected chi connectivity index (χ2v) is 6.93. The third-order valence-corrected chi connectivity index (χ3v) is 4.73. The molecule has 4 rings (SSSR count). The van der Waals surface area contributed by atoms with E-state index in [1.165, 1.54) is 0 Å². The zero-order valence-corrected chi connectivity index (χ0v) is 16.8. The highest BCUT2D eigenvalue weighted by atomic mass is 16.5. The van der Waals surface area contributed by atoms with Gasteiger partial charge in [-0.25, -0.2) is 9.59 Å². The molecule has 0 spiro atoms. The SMILES string of the molecule is O=C(OCCCOC(=O)C1=CC=Cc2ccccc2N1)C1=CC=Cc2ccccc2N1. The maximum atomic E-state index is 12.3. The molecule has 0 saturated carbocycles. The minimum Gasteiger partial charge on any atom is -0.461 e. The molecule has 0 bridgehead atoms. The number of para-hydroxylation sites is 2. The zero-order valence-electron chi connectivity index (χ0n) is 16.8. The van der Waals surface area contributed by atoms with E-state index in [1.54, 1.807) is 24.3 Å². The van der Waals surface area contributed by atoms with E-state index in [4.69, 9.17) is 9.47 Å². The van der Waals surface area contributed by atoms with Gasteiger partial charge >= 0.3 is 11.9 Å². The Labute approximate surface area is 180 Å². The van der Waals surface area contributed by atoms with Gasteiger partial charge in [0.25, 0.3) is 0 Å². The Morgan fingerprint density at radius 3 is 1.61 bits per heavy atom. The summed E-state index contributed by atoms with van der Waals surface area (Å²) >= 11 is 0. The summed E-state index contributed by atoms with van der Waals surface area (Å²) in [5.41, 5.74) is 4.38. The lowest BCUT2D eigenvalue weighted by molar-refractivity contribution is -0.141. The Balaban J connectivity index is 1.21. The van der Waals surface area contributed by atoms with Crippen LogP contribution in [-0.2, 0) is 19.1 Å². The number of carbonyl (C=O) groups is 2. The molecule has 0 aromatic heterocycles. The van der Waals surface area contributed by atoms with Crippen molar-refractivity contribution in [3.05, 3.63) is 95.4 Å². The molecule has 0 atom stereocenters. The van der Waals surface area contributed by atoms with Gasteiger partial charge in [0.15, 0.2) is 0 Å². The summed E-state index contributed by atoms with van der Waals surface area (Å²) < 4.78 is 10.6. The standard InChI is InChI=1S/C25H22N2O4/c28-24(22-14-5-10-18-8-1-3-12-20(18)26-22)30-16-7-17-31-25(29)23-15-6-11-19-9-2-4-13-21(19)27-23/h1-6,8-15,26-27H,7,16-17H2. The van der Waals surface area contributed by atoms with Crippen molar-refractivity contribution in [1.82, 2.24) is 0 Å². The molecule has 0 aliphatic carbocycles. The van der Waals surface area contributed by atoms with Gasteiger partial charge in [-0.3, -0.25) is 0 Å². The molecule has 31 heavy (non-hydrogen) atoms. The van der Waals surface area contributed by atoms with Crippen LogP contribution < -0.4 is 10.6 Å². The number of esters is 2. The number of ether oxygens (including phenoxy) is 2. The Kier molecular flexibility index (Phi) is 6.28. The minimum atomic E-state index is -0.456. The molecule has 2 N–H and O–H groups in total. The summed E-state index contributed by atoms with van der Waals surface area (Å²) in [6.45, 7) is 0.289. The average Bonchev–Trinajstić information content (AvgIpc) is 3.14. The summed E-state index contributed by atoms with van der Waals surface area (Å²) in [5, 5.41) is 6.18. The van der Waals surface area contributed by atoms with Crippen molar-refractivity contribution < 1.29 is 19.1 Å². The summed E-state index contributed by atoms with van der Waals surface area (Å²) in [5.74, 6) is -0.912. The van der Waals surface area contributed by atoms with E-state index in [-0.39, 0.29) is 13.2 Å². The van der Waals surface area contributed by atoms with Crippen molar-refractivity contribution in [3.63, 3.8) is 0 Å². The van der Waals surface area contributed by atoms with Crippen molar-refractivity contribution in [3.8, 4) is 0 Å². The maximum absolute atomic E-state index is 12.3. The van der Waals surface area contributed by atoms with E-state index in [0.29, 0.717) is 17.8 Å². The van der Waals surface area contributed by atoms with E-state index >= 15 is 0 Å². The van der Waals surface area contributed by atoms with Gasteiger partial charge in [-0.15, -0.1) is 0 Å². The zero-order chi connectivity index (χ0) is 21.5. The largest absolute Gasteiger partial charge is 0.461 e. The second kappa shape index (κ2) is 9.63. The highest BCUT2D eigenvalue weighted by Crippen LogP contribution is 2.23. The van der Waals surface area contributed by atoms with Crippen molar-refractivity contribution >= 4 is 35.5 Å². The first kappa shape index (κ1) is 20.2. The summed E-state index contributed by atoms with van der Waals surface area (Å²) in [4.78, 5) is 24.7. The van der Waals surface area contributed by atoms with Crippen LogP contribution in [0.3, 0.4) is 0 Å². The Bertz CT molecular complexity index is 1020. The van der Waals surface area contributed by atoms with Crippen LogP contribution in [0.4, 0.5) is 11.4 Å². The molecule has 156 valence electrons. The number of carbonyl (C=O) groups excluding carboxylic acids is 2. The van der Waals surface area contributed by atoms with Crippen LogP contribution in [0, 0.1) is 0 Å². The van der Waals surface area contributed by atoms with Crippen LogP contribution in [0.15, 0.2) is 84.2 Å². The lowest BCUT2D eigenvalue weighted by Gasteiger charge is -2.12. The van der Waals surface area contributed by atoms with Crippen LogP contribution in [0.2, 0.25) is 0 Å². The van der Waals surface area contributed by atoms with Crippen LogP contribution >= 0.6 is 0 Å². The third kappa shape index (κ3) is 5.11. The van der Waals surface area contributed by atoms with Gasteiger partial charge in [-0.05, 0) is 35.4 Å². The molecule has 2 heterocycles. The maximum Gasteiger partial charge on any atom is 0.354 e. The first-order chi connectivity index (χ1) is 15.2. The number of nitrogens with one attached hydrogen (secondary N) is 2. The lowest BCUT2D eigenvalue weighted by atomic mass is 10.2. The van der Waals surface area contributed by atoms with Crippen molar-refractivity contribution in [2.75, 3.05) is 23.8 Å². The average molecular weight is 414 g/mol. The fourth-order valence-electron chi connectivity index (χ4n) is 3.16. The molecular formula is C25H22N2O4. The first-order valence-corrected chi connectivity index (χ1v) is 10.0. The second-order valence-electron chi connectivity index (χ2n) is 6.93. The predicted octanol–water partition coefficient (Wildman–Crippen LogP) is 4.51. The van der Waals surface area contributed by atoms with Gasteiger partial charge in [0, 0.05) is 17.8 Å². The van der Waals surface area contributed by atoms with Gasteiger partial charge in [0.05, 0.1) is 13.2 Å². The number of fused-ring (bicyclic) bond motifs is 2. The highest BCUT2D eigenvalue weighted by molar-refractivity contribution is 5.95. The monoisotopic (exact) mass is 414 g/mol. The number of hydrogen-bond donors (Lipinski definition) is 2. The molecule has 0 radical (unpaired) electrons. The molecule has 2 aromatic carbocycles. The predicted molar refractivity (Wildman–Crippen MR) is 121 cm³/mol. The van der Waals surface area contributed by atoms with Crippen molar-refractivity contribution in [2.24, 2.45) is 0 Å². The van der Waals surface area contributed by atoms with Crippen molar-refractivity contribution in [2.45, 2.75) is 6.42 Å². The van der Waals surface area contributed by atoms with E-state index in [2.05, 4.69) is 10.6 Å². The molecule has 6 heteroatoms. The fourth-order valence-corrected chi connectivity index (χ4v) is 3.16. The quantitative estimate of drug-likeness (QED) is 0.535. The number of anilines is 2. The Morgan fingerprint density at radius 2 is 1.13 bits per heavy atom. The van der Waals surface area contributed by atoms with Gasteiger partial charge < -0.3 is 20.1 Å². The summed E-state index contributed by atoms with van der Waals surface area (Å²) in [6, 6.07) is 15.4. The molecular weight excluding hydrogens is 392 g/mol. The Hall–Kier alpha value is -4.06. The van der Waals surface area contributed by atoms with E-state index in [9.17, 15) is 9.59 Å². The number of benzene rings is 2. The molecule has 0 saturated heterocycles. The number of allylic oxidation sites excluding steroid dienone is 4. The highest BCUT2D eigenvalue weighted by Gasteiger charge is 2.15.